The van der Waals surface area contributed by atoms with Gasteiger partial charge in [-0.05, 0) is 24.6 Å². The molecule has 0 spiro atoms. The third-order valence-corrected chi connectivity index (χ3v) is 2.07. The van der Waals surface area contributed by atoms with Gasteiger partial charge >= 0.3 is 0 Å². The highest BCUT2D eigenvalue weighted by molar-refractivity contribution is 6.32. The van der Waals surface area contributed by atoms with Crippen molar-refractivity contribution < 1.29 is 14.2 Å². The van der Waals surface area contributed by atoms with Crippen LogP contribution in [0.15, 0.2) is 18.2 Å². The molecule has 4 heteroatoms. The summed E-state index contributed by atoms with van der Waals surface area (Å²) >= 11 is 5.84. The van der Waals surface area contributed by atoms with Crippen LogP contribution in [0.5, 0.6) is 5.75 Å². The second-order valence-corrected chi connectivity index (χ2v) is 3.18. The van der Waals surface area contributed by atoms with Crippen molar-refractivity contribution in [2.45, 2.75) is 13.1 Å². The summed E-state index contributed by atoms with van der Waals surface area (Å²) < 4.78 is 18.2. The van der Waals surface area contributed by atoms with Gasteiger partial charge in [0, 0.05) is 0 Å². The van der Waals surface area contributed by atoms with E-state index in [9.17, 15) is 4.39 Å². The Morgan fingerprint density at radius 1 is 1.57 bits per heavy atom. The SMILES string of the molecule is CCOc1ccc(C(F)CO)cc1Cl. The lowest BCUT2D eigenvalue weighted by molar-refractivity contribution is 0.180. The fourth-order valence-electron chi connectivity index (χ4n) is 1.09. The van der Waals surface area contributed by atoms with Gasteiger partial charge in [-0.3, -0.25) is 0 Å². The Morgan fingerprint density at radius 3 is 2.79 bits per heavy atom. The molecule has 0 radical (unpaired) electrons. The van der Waals surface area contributed by atoms with Crippen LogP contribution in [0.2, 0.25) is 5.02 Å². The Morgan fingerprint density at radius 2 is 2.29 bits per heavy atom. The molecule has 0 aliphatic rings. The number of aliphatic hydroxyl groups excluding tert-OH is 1. The molecule has 1 N–H and O–H groups in total. The van der Waals surface area contributed by atoms with E-state index in [2.05, 4.69) is 0 Å². The van der Waals surface area contributed by atoms with Gasteiger partial charge in [0.1, 0.15) is 11.9 Å². The first kappa shape index (κ1) is 11.3. The molecule has 0 saturated heterocycles. The van der Waals surface area contributed by atoms with Crippen molar-refractivity contribution in [3.63, 3.8) is 0 Å². The molecule has 1 atom stereocenters. The largest absolute Gasteiger partial charge is 0.492 e. The van der Waals surface area contributed by atoms with Crippen molar-refractivity contribution in [1.82, 2.24) is 0 Å². The molecule has 0 aliphatic carbocycles. The summed E-state index contributed by atoms with van der Waals surface area (Å²) in [5.74, 6) is 0.531. The molecule has 2 nitrogen and oxygen atoms in total. The number of aliphatic hydroxyl groups is 1. The summed E-state index contributed by atoms with van der Waals surface area (Å²) in [6.07, 6.45) is -1.39. The molecule has 0 saturated carbocycles. The molecule has 1 aromatic rings. The second kappa shape index (κ2) is 5.17. The summed E-state index contributed by atoms with van der Waals surface area (Å²) in [4.78, 5) is 0. The highest BCUT2D eigenvalue weighted by atomic mass is 35.5. The topological polar surface area (TPSA) is 29.5 Å². The highest BCUT2D eigenvalue weighted by Crippen LogP contribution is 2.28. The molecule has 1 rings (SSSR count). The fourth-order valence-corrected chi connectivity index (χ4v) is 1.33. The van der Waals surface area contributed by atoms with Gasteiger partial charge < -0.3 is 9.84 Å². The van der Waals surface area contributed by atoms with Gasteiger partial charge in [0.2, 0.25) is 0 Å². The van der Waals surface area contributed by atoms with Crippen LogP contribution in [0.1, 0.15) is 18.7 Å². The molecule has 0 heterocycles. The minimum atomic E-state index is -1.39. The quantitative estimate of drug-likeness (QED) is 0.842. The standard InChI is InChI=1S/C10H12ClFO2/c1-2-14-10-4-3-7(5-8(10)11)9(12)6-13/h3-5,9,13H,2,6H2,1H3. The molecule has 1 aromatic carbocycles. The van der Waals surface area contributed by atoms with Crippen molar-refractivity contribution in [3.8, 4) is 5.75 Å². The van der Waals surface area contributed by atoms with Crippen LogP contribution in [0.3, 0.4) is 0 Å². The maximum atomic E-state index is 13.0. The molecule has 0 aliphatic heterocycles. The van der Waals surface area contributed by atoms with Crippen LogP contribution < -0.4 is 4.74 Å². The first-order valence-electron chi connectivity index (χ1n) is 4.36. The molecule has 0 aromatic heterocycles. The minimum absolute atomic E-state index is 0.362. The maximum Gasteiger partial charge on any atom is 0.148 e. The zero-order chi connectivity index (χ0) is 10.6. The monoisotopic (exact) mass is 218 g/mol. The average molecular weight is 219 g/mol. The van der Waals surface area contributed by atoms with E-state index in [-0.39, 0.29) is 0 Å². The summed E-state index contributed by atoms with van der Waals surface area (Å²) in [7, 11) is 0. The van der Waals surface area contributed by atoms with Gasteiger partial charge in [-0.1, -0.05) is 17.7 Å². The Balaban J connectivity index is 2.88. The lowest BCUT2D eigenvalue weighted by atomic mass is 10.1. The highest BCUT2D eigenvalue weighted by Gasteiger charge is 2.10. The van der Waals surface area contributed by atoms with Crippen LogP contribution in [0.25, 0.3) is 0 Å². The fraction of sp³-hybridized carbons (Fsp3) is 0.400. The Hall–Kier alpha value is -0.800. The van der Waals surface area contributed by atoms with E-state index in [4.69, 9.17) is 21.4 Å². The van der Waals surface area contributed by atoms with E-state index in [1.807, 2.05) is 6.92 Å². The molecule has 78 valence electrons. The van der Waals surface area contributed by atoms with E-state index in [1.165, 1.54) is 6.07 Å². The van der Waals surface area contributed by atoms with Crippen molar-refractivity contribution in [1.29, 1.82) is 0 Å². The normalized spacial score (nSPS) is 12.6. The molecule has 0 fully saturated rings. The van der Waals surface area contributed by atoms with E-state index in [1.54, 1.807) is 12.1 Å². The first-order chi connectivity index (χ1) is 6.69. The van der Waals surface area contributed by atoms with Crippen LogP contribution in [-0.4, -0.2) is 18.3 Å². The van der Waals surface area contributed by atoms with Gasteiger partial charge in [0.05, 0.1) is 18.2 Å². The zero-order valence-electron chi connectivity index (χ0n) is 7.84. The number of halogens is 2. The number of hydrogen-bond acceptors (Lipinski definition) is 2. The Labute approximate surface area is 87.3 Å². The zero-order valence-corrected chi connectivity index (χ0v) is 8.59. The van der Waals surface area contributed by atoms with Crippen molar-refractivity contribution in [2.24, 2.45) is 0 Å². The van der Waals surface area contributed by atoms with E-state index >= 15 is 0 Å². The molecule has 14 heavy (non-hydrogen) atoms. The van der Waals surface area contributed by atoms with Crippen molar-refractivity contribution in [3.05, 3.63) is 28.8 Å². The van der Waals surface area contributed by atoms with Crippen LogP contribution in [-0.2, 0) is 0 Å². The summed E-state index contributed by atoms with van der Waals surface area (Å²) in [6.45, 7) is 1.82. The number of rotatable bonds is 4. The predicted octanol–water partition coefficient (Wildman–Crippen LogP) is 2.74. The first-order valence-corrected chi connectivity index (χ1v) is 4.74. The Bertz CT molecular complexity index is 304. The minimum Gasteiger partial charge on any atom is -0.492 e. The smallest absolute Gasteiger partial charge is 0.148 e. The average Bonchev–Trinajstić information content (AvgIpc) is 2.20. The van der Waals surface area contributed by atoms with Crippen LogP contribution in [0, 0.1) is 0 Å². The summed E-state index contributed by atoms with van der Waals surface area (Å²) in [5.41, 5.74) is 0.362. The number of ether oxygens (including phenoxy) is 1. The van der Waals surface area contributed by atoms with E-state index in [0.29, 0.717) is 22.9 Å². The molecule has 0 amide bonds. The maximum absolute atomic E-state index is 13.0. The number of benzene rings is 1. The van der Waals surface area contributed by atoms with Crippen molar-refractivity contribution >= 4 is 11.6 Å². The van der Waals surface area contributed by atoms with E-state index in [0.717, 1.165) is 0 Å². The second-order valence-electron chi connectivity index (χ2n) is 2.77. The lowest BCUT2D eigenvalue weighted by Crippen LogP contribution is -1.98. The van der Waals surface area contributed by atoms with E-state index < -0.39 is 12.8 Å². The van der Waals surface area contributed by atoms with Crippen LogP contribution in [0.4, 0.5) is 4.39 Å². The third kappa shape index (κ3) is 2.59. The summed E-state index contributed by atoms with van der Waals surface area (Å²) in [6, 6.07) is 4.62. The summed E-state index contributed by atoms with van der Waals surface area (Å²) in [5, 5.41) is 8.96. The molecular weight excluding hydrogens is 207 g/mol. The number of alkyl halides is 1. The molecular formula is C10H12ClFO2. The third-order valence-electron chi connectivity index (χ3n) is 1.78. The lowest BCUT2D eigenvalue weighted by Gasteiger charge is -2.09. The van der Waals surface area contributed by atoms with Gasteiger partial charge in [-0.25, -0.2) is 4.39 Å². The van der Waals surface area contributed by atoms with Crippen LogP contribution >= 0.6 is 11.6 Å². The van der Waals surface area contributed by atoms with Gasteiger partial charge in [-0.15, -0.1) is 0 Å². The predicted molar refractivity (Wildman–Crippen MR) is 53.6 cm³/mol. The van der Waals surface area contributed by atoms with Gasteiger partial charge in [0.25, 0.3) is 0 Å². The van der Waals surface area contributed by atoms with Gasteiger partial charge in [0.15, 0.2) is 0 Å². The number of hydrogen-bond donors (Lipinski definition) is 1. The van der Waals surface area contributed by atoms with Crippen molar-refractivity contribution in [2.75, 3.05) is 13.2 Å². The molecule has 1 unspecified atom stereocenters. The van der Waals surface area contributed by atoms with Gasteiger partial charge in [-0.2, -0.15) is 0 Å². The Kier molecular flexibility index (Phi) is 4.17. The molecule has 0 bridgehead atoms.